The van der Waals surface area contributed by atoms with E-state index in [0.717, 1.165) is 46.8 Å². The smallest absolute Gasteiger partial charge is 0.408 e. The third kappa shape index (κ3) is 5.12. The highest BCUT2D eigenvalue weighted by atomic mass is 35.5. The van der Waals surface area contributed by atoms with Crippen LogP contribution in [0.1, 0.15) is 35.0 Å². The fourth-order valence-electron chi connectivity index (χ4n) is 3.34. The van der Waals surface area contributed by atoms with Crippen LogP contribution in [-0.4, -0.2) is 23.6 Å². The zero-order chi connectivity index (χ0) is 20.8. The van der Waals surface area contributed by atoms with Crippen LogP contribution < -0.4 is 10.1 Å². The lowest BCUT2D eigenvalue weighted by Crippen LogP contribution is -2.28. The molecule has 0 saturated heterocycles. The molecule has 0 aliphatic heterocycles. The number of halogens is 1. The molecule has 156 valence electrons. The SMILES string of the molecule is O=C(NC1CCc2sc(-c3ccc(OCCCCl)cc3)nc21)OCc1ccccc1. The summed E-state index contributed by atoms with van der Waals surface area (Å²) in [6.45, 7) is 0.871. The number of amides is 1. The van der Waals surface area contributed by atoms with Gasteiger partial charge >= 0.3 is 6.09 Å². The van der Waals surface area contributed by atoms with E-state index in [4.69, 9.17) is 26.1 Å². The second kappa shape index (κ2) is 9.96. The summed E-state index contributed by atoms with van der Waals surface area (Å²) in [4.78, 5) is 18.3. The number of carbonyl (C=O) groups is 1. The van der Waals surface area contributed by atoms with Gasteiger partial charge in [0.25, 0.3) is 0 Å². The maximum absolute atomic E-state index is 12.2. The van der Waals surface area contributed by atoms with Crippen molar-refractivity contribution in [1.82, 2.24) is 10.3 Å². The van der Waals surface area contributed by atoms with Crippen LogP contribution in [0.15, 0.2) is 54.6 Å². The average Bonchev–Trinajstić information content (AvgIpc) is 3.36. The Morgan fingerprint density at radius 2 is 1.97 bits per heavy atom. The van der Waals surface area contributed by atoms with Crippen molar-refractivity contribution >= 4 is 29.0 Å². The van der Waals surface area contributed by atoms with Crippen LogP contribution in [0.4, 0.5) is 4.79 Å². The van der Waals surface area contributed by atoms with Gasteiger partial charge in [-0.25, -0.2) is 9.78 Å². The fourth-order valence-corrected chi connectivity index (χ4v) is 4.59. The van der Waals surface area contributed by atoms with Crippen molar-refractivity contribution in [1.29, 1.82) is 0 Å². The van der Waals surface area contributed by atoms with Gasteiger partial charge in [-0.05, 0) is 49.1 Å². The summed E-state index contributed by atoms with van der Waals surface area (Å²) in [7, 11) is 0. The minimum atomic E-state index is -0.412. The van der Waals surface area contributed by atoms with Gasteiger partial charge in [0.15, 0.2) is 0 Å². The predicted octanol–water partition coefficient (Wildman–Crippen LogP) is 5.73. The van der Waals surface area contributed by atoms with E-state index in [9.17, 15) is 4.79 Å². The quantitative estimate of drug-likeness (QED) is 0.357. The first-order chi connectivity index (χ1) is 14.7. The number of aryl methyl sites for hydroxylation is 1. The van der Waals surface area contributed by atoms with Gasteiger partial charge < -0.3 is 14.8 Å². The molecule has 1 heterocycles. The molecule has 3 aromatic rings. The van der Waals surface area contributed by atoms with Crippen molar-refractivity contribution in [2.75, 3.05) is 12.5 Å². The summed E-state index contributed by atoms with van der Waals surface area (Å²) in [6.07, 6.45) is 2.17. The first-order valence-electron chi connectivity index (χ1n) is 9.99. The van der Waals surface area contributed by atoms with Crippen molar-refractivity contribution in [2.24, 2.45) is 0 Å². The lowest BCUT2D eigenvalue weighted by molar-refractivity contribution is 0.135. The molecule has 0 spiro atoms. The number of thiazole rings is 1. The third-order valence-electron chi connectivity index (χ3n) is 4.87. The number of alkyl halides is 1. The standard InChI is InChI=1S/C23H23ClN2O3S/c24-13-4-14-28-18-9-7-17(8-10-18)22-26-21-19(11-12-20(21)30-22)25-23(27)29-15-16-5-2-1-3-6-16/h1-3,5-10,19H,4,11-15H2,(H,25,27). The molecule has 2 aromatic carbocycles. The molecule has 0 saturated carbocycles. The molecule has 0 bridgehead atoms. The molecule has 5 nitrogen and oxygen atoms in total. The summed E-state index contributed by atoms with van der Waals surface area (Å²) in [5, 5.41) is 3.92. The largest absolute Gasteiger partial charge is 0.494 e. The zero-order valence-corrected chi connectivity index (χ0v) is 18.0. The molecule has 1 aliphatic rings. The number of carbonyl (C=O) groups excluding carboxylic acids is 1. The van der Waals surface area contributed by atoms with Crippen molar-refractivity contribution in [2.45, 2.75) is 31.9 Å². The first-order valence-corrected chi connectivity index (χ1v) is 11.3. The molecule has 0 radical (unpaired) electrons. The normalized spacial score (nSPS) is 14.9. The predicted molar refractivity (Wildman–Crippen MR) is 119 cm³/mol. The Bertz CT molecular complexity index is 976. The number of nitrogens with one attached hydrogen (secondary N) is 1. The Kier molecular flexibility index (Phi) is 6.87. The van der Waals surface area contributed by atoms with Gasteiger partial charge in [0.2, 0.25) is 0 Å². The monoisotopic (exact) mass is 442 g/mol. The second-order valence-electron chi connectivity index (χ2n) is 7.04. The van der Waals surface area contributed by atoms with Crippen LogP contribution in [0.25, 0.3) is 10.6 Å². The second-order valence-corrected chi connectivity index (χ2v) is 8.50. The molecular formula is C23H23ClN2O3S. The minimum absolute atomic E-state index is 0.105. The van der Waals surface area contributed by atoms with E-state index in [-0.39, 0.29) is 12.6 Å². The Morgan fingerprint density at radius 3 is 2.73 bits per heavy atom. The Labute approximate surface area is 185 Å². The number of hydrogen-bond donors (Lipinski definition) is 1. The van der Waals surface area contributed by atoms with Crippen LogP contribution in [0.5, 0.6) is 5.75 Å². The fraction of sp³-hybridized carbons (Fsp3) is 0.304. The zero-order valence-electron chi connectivity index (χ0n) is 16.5. The van der Waals surface area contributed by atoms with Gasteiger partial charge in [-0.15, -0.1) is 22.9 Å². The van der Waals surface area contributed by atoms with E-state index >= 15 is 0 Å². The molecule has 0 fully saturated rings. The number of hydrogen-bond acceptors (Lipinski definition) is 5. The maximum Gasteiger partial charge on any atom is 0.408 e. The van der Waals surface area contributed by atoms with Gasteiger partial charge in [-0.3, -0.25) is 0 Å². The van der Waals surface area contributed by atoms with Crippen molar-refractivity contribution in [3.8, 4) is 16.3 Å². The van der Waals surface area contributed by atoms with Crippen molar-refractivity contribution < 1.29 is 14.3 Å². The summed E-state index contributed by atoms with van der Waals surface area (Å²) in [5.74, 6) is 1.42. The van der Waals surface area contributed by atoms with Gasteiger partial charge in [-0.1, -0.05) is 30.3 Å². The third-order valence-corrected chi connectivity index (χ3v) is 6.32. The molecule has 1 aliphatic carbocycles. The van der Waals surface area contributed by atoms with E-state index in [1.165, 1.54) is 4.88 Å². The molecule has 1 amide bonds. The average molecular weight is 443 g/mol. The number of fused-ring (bicyclic) bond motifs is 1. The van der Waals surface area contributed by atoms with Crippen LogP contribution in [0.3, 0.4) is 0 Å². The molecule has 1 unspecified atom stereocenters. The van der Waals surface area contributed by atoms with Gasteiger partial charge in [0, 0.05) is 16.3 Å². The molecular weight excluding hydrogens is 420 g/mol. The first kappa shape index (κ1) is 20.7. The molecule has 1 atom stereocenters. The van der Waals surface area contributed by atoms with Crippen LogP contribution >= 0.6 is 22.9 Å². The Morgan fingerprint density at radius 1 is 1.17 bits per heavy atom. The molecule has 7 heteroatoms. The maximum atomic E-state index is 12.2. The number of aromatic nitrogens is 1. The van der Waals surface area contributed by atoms with E-state index in [1.807, 2.05) is 54.6 Å². The Balaban J connectivity index is 1.35. The van der Waals surface area contributed by atoms with Crippen LogP contribution in [0, 0.1) is 0 Å². The lowest BCUT2D eigenvalue weighted by Gasteiger charge is -2.12. The number of nitrogens with zero attached hydrogens (tertiary/aromatic N) is 1. The van der Waals surface area contributed by atoms with E-state index in [0.29, 0.717) is 12.5 Å². The highest BCUT2D eigenvalue weighted by Crippen LogP contribution is 2.38. The summed E-state index contributed by atoms with van der Waals surface area (Å²) < 4.78 is 11.0. The topological polar surface area (TPSA) is 60.5 Å². The van der Waals surface area contributed by atoms with Crippen molar-refractivity contribution in [3.63, 3.8) is 0 Å². The summed E-state index contributed by atoms with van der Waals surface area (Å²) >= 11 is 7.36. The van der Waals surface area contributed by atoms with Crippen molar-refractivity contribution in [3.05, 3.63) is 70.7 Å². The van der Waals surface area contributed by atoms with Gasteiger partial charge in [0.1, 0.15) is 17.4 Å². The number of ether oxygens (including phenoxy) is 2. The highest BCUT2D eigenvalue weighted by Gasteiger charge is 2.29. The van der Waals surface area contributed by atoms with Gasteiger partial charge in [0.05, 0.1) is 18.3 Å². The van der Waals surface area contributed by atoms with E-state index < -0.39 is 6.09 Å². The van der Waals surface area contributed by atoms with E-state index in [2.05, 4.69) is 5.32 Å². The van der Waals surface area contributed by atoms with Crippen LogP contribution in [0.2, 0.25) is 0 Å². The number of benzene rings is 2. The minimum Gasteiger partial charge on any atom is -0.494 e. The van der Waals surface area contributed by atoms with E-state index in [1.54, 1.807) is 11.3 Å². The molecule has 4 rings (SSSR count). The molecule has 1 aromatic heterocycles. The number of alkyl carbamates (subject to hydrolysis) is 1. The lowest BCUT2D eigenvalue weighted by atomic mass is 10.2. The molecule has 1 N–H and O–H groups in total. The van der Waals surface area contributed by atoms with Gasteiger partial charge in [-0.2, -0.15) is 0 Å². The summed E-state index contributed by atoms with van der Waals surface area (Å²) in [6, 6.07) is 17.5. The van der Waals surface area contributed by atoms with Crippen LogP contribution in [-0.2, 0) is 17.8 Å². The number of rotatable bonds is 8. The summed E-state index contributed by atoms with van der Waals surface area (Å²) in [5.41, 5.74) is 2.96. The Hall–Kier alpha value is -2.57. The highest BCUT2D eigenvalue weighted by molar-refractivity contribution is 7.15. The molecule has 30 heavy (non-hydrogen) atoms.